The Morgan fingerprint density at radius 1 is 0.443 bits per heavy atom. The number of unbranched alkanes of at least 4 members (excludes halogenated alkanes) is 1. The molecular formula is C74H77N23O9. The molecule has 0 radical (unpaired) electrons. The third kappa shape index (κ3) is 19.3. The summed E-state index contributed by atoms with van der Waals surface area (Å²) in [4.78, 5) is 89.3. The van der Waals surface area contributed by atoms with Gasteiger partial charge >= 0.3 is 0 Å². The van der Waals surface area contributed by atoms with Crippen LogP contribution in [-0.2, 0) is 34.0 Å². The van der Waals surface area contributed by atoms with Gasteiger partial charge in [0.05, 0.1) is 96.7 Å². The van der Waals surface area contributed by atoms with Crippen LogP contribution < -0.4 is 43.4 Å². The molecule has 0 fully saturated rings. The highest BCUT2D eigenvalue weighted by molar-refractivity contribution is 6.01. The van der Waals surface area contributed by atoms with Gasteiger partial charge in [0.2, 0.25) is 35.2 Å². The van der Waals surface area contributed by atoms with Crippen LogP contribution in [0, 0.1) is 45.8 Å². The molecule has 0 aliphatic heterocycles. The van der Waals surface area contributed by atoms with Gasteiger partial charge in [-0.1, -0.05) is 71.0 Å². The lowest BCUT2D eigenvalue weighted by Gasteiger charge is -2.12. The van der Waals surface area contributed by atoms with E-state index in [1.165, 1.54) is 0 Å². The minimum Gasteiger partial charge on any atom is -0.364 e. The lowest BCUT2D eigenvalue weighted by Crippen LogP contribution is -2.21. The Bertz CT molecular complexity index is 5150. The van der Waals surface area contributed by atoms with Crippen LogP contribution in [0.4, 0.5) is 34.5 Å². The van der Waals surface area contributed by atoms with Crippen molar-refractivity contribution in [1.82, 2.24) is 59.6 Å². The summed E-state index contributed by atoms with van der Waals surface area (Å²) in [5.74, 6) is 1.14. The molecule has 6 aromatic carbocycles. The van der Waals surface area contributed by atoms with Crippen LogP contribution in [0.2, 0.25) is 0 Å². The molecule has 10 N–H and O–H groups in total. The van der Waals surface area contributed by atoms with Crippen LogP contribution in [0.3, 0.4) is 0 Å². The fourth-order valence-corrected chi connectivity index (χ4v) is 10.7. The highest BCUT2D eigenvalue weighted by Gasteiger charge is 2.27. The lowest BCUT2D eigenvalue weighted by molar-refractivity contribution is -0.120. The van der Waals surface area contributed by atoms with Crippen LogP contribution >= 0.6 is 0 Å². The van der Waals surface area contributed by atoms with Gasteiger partial charge in [-0.3, -0.25) is 28.8 Å². The van der Waals surface area contributed by atoms with E-state index in [1.54, 1.807) is 86.5 Å². The fourth-order valence-electron chi connectivity index (χ4n) is 10.7. The normalized spacial score (nSPS) is 11.0. The van der Waals surface area contributed by atoms with Gasteiger partial charge in [0.15, 0.2) is 51.9 Å². The van der Waals surface area contributed by atoms with Crippen LogP contribution in [0.5, 0.6) is 0 Å². The summed E-state index contributed by atoms with van der Waals surface area (Å²) >= 11 is 0. The van der Waals surface area contributed by atoms with E-state index in [2.05, 4.69) is 89.9 Å². The zero-order chi connectivity index (χ0) is 74.2. The molecule has 32 heteroatoms. The molecule has 106 heavy (non-hydrogen) atoms. The van der Waals surface area contributed by atoms with Gasteiger partial charge in [-0.05, 0) is 160 Å². The number of nitrogens with one attached hydrogen (secondary N) is 6. The minimum absolute atomic E-state index is 0. The molecule has 12 rings (SSSR count). The molecule has 542 valence electrons. The van der Waals surface area contributed by atoms with Gasteiger partial charge in [-0.2, -0.15) is 15.8 Å². The number of nitrogens with zero attached hydrogens (tertiary/aromatic N) is 15. The van der Waals surface area contributed by atoms with E-state index in [1.807, 2.05) is 99.6 Å². The quantitative estimate of drug-likeness (QED) is 0.0148. The minimum atomic E-state index is -0.316. The van der Waals surface area contributed by atoms with Gasteiger partial charge in [0.25, 0.3) is 0 Å². The van der Waals surface area contributed by atoms with Crippen molar-refractivity contribution in [2.24, 2.45) is 23.3 Å². The number of nitriles is 3. The molecule has 0 saturated carbocycles. The molecular weight excluding hydrogens is 1350 g/mol. The fraction of sp³-hybridized carbons (Fsp3) is 0.270. The van der Waals surface area contributed by atoms with E-state index in [9.17, 15) is 28.8 Å². The summed E-state index contributed by atoms with van der Waals surface area (Å²) < 4.78 is 20.0. The van der Waals surface area contributed by atoms with Gasteiger partial charge in [0.1, 0.15) is 0 Å². The maximum atomic E-state index is 13.3. The molecule has 32 nitrogen and oxygen atoms in total. The number of rotatable bonds is 31. The van der Waals surface area contributed by atoms with Gasteiger partial charge in [-0.25, -0.2) is 28.8 Å². The Balaban J connectivity index is 0.000000184. The number of amides is 3. The smallest absolute Gasteiger partial charge is 0.238 e. The first-order valence-electron chi connectivity index (χ1n) is 33.5. The van der Waals surface area contributed by atoms with E-state index in [-0.39, 0.29) is 99.8 Å². The first kappa shape index (κ1) is 76.5. The summed E-state index contributed by atoms with van der Waals surface area (Å²) in [6, 6.07) is 48.7. The monoisotopic (exact) mass is 1430 g/mol. The number of aromatic nitrogens is 12. The van der Waals surface area contributed by atoms with Crippen molar-refractivity contribution >= 4 is 103 Å². The first-order valence-corrected chi connectivity index (χ1v) is 33.5. The number of benzene rings is 6. The predicted octanol–water partition coefficient (Wildman–Crippen LogP) is 10.7. The summed E-state index contributed by atoms with van der Waals surface area (Å²) in [6.45, 7) is 7.14. The number of imidazole rings is 3. The van der Waals surface area contributed by atoms with Crippen LogP contribution in [-0.4, -0.2) is 127 Å². The number of fused-ring (bicyclic) bond motifs is 3. The largest absolute Gasteiger partial charge is 0.364 e. The second-order valence-electron chi connectivity index (χ2n) is 24.0. The predicted molar refractivity (Wildman–Crippen MR) is 396 cm³/mol. The highest BCUT2D eigenvalue weighted by Crippen LogP contribution is 2.32. The molecule has 6 heterocycles. The highest BCUT2D eigenvalue weighted by atomic mass is 16.6. The van der Waals surface area contributed by atoms with Gasteiger partial charge in [0, 0.05) is 65.2 Å². The number of carbonyl (C=O) groups excluding carboxylic acids is 6. The second kappa shape index (κ2) is 37.3. The summed E-state index contributed by atoms with van der Waals surface area (Å²) in [5.41, 5.74) is 19.5. The van der Waals surface area contributed by atoms with Crippen LogP contribution in [0.15, 0.2) is 159 Å². The Hall–Kier alpha value is -13.6. The lowest BCUT2D eigenvalue weighted by atomic mass is 10.0. The topological polar surface area (TPSA) is 468 Å². The van der Waals surface area contributed by atoms with E-state index < -0.39 is 0 Å². The number of para-hydroxylation sites is 6. The van der Waals surface area contributed by atoms with Crippen molar-refractivity contribution in [3.8, 4) is 52.8 Å². The van der Waals surface area contributed by atoms with E-state index >= 15 is 0 Å². The number of carbonyl (C=O) groups is 6. The summed E-state index contributed by atoms with van der Waals surface area (Å²) in [7, 11) is 0. The maximum Gasteiger partial charge on any atom is 0.238 e. The molecule has 3 amide bonds. The van der Waals surface area contributed by atoms with E-state index in [0.717, 1.165) is 35.8 Å². The molecule has 0 aliphatic carbocycles. The molecule has 0 spiro atoms. The Labute approximate surface area is 607 Å². The van der Waals surface area contributed by atoms with Crippen LogP contribution in [0.1, 0.15) is 97.8 Å². The molecule has 0 aliphatic rings. The van der Waals surface area contributed by atoms with E-state index in [4.69, 9.17) is 41.1 Å². The summed E-state index contributed by atoms with van der Waals surface area (Å²) in [6.07, 6.45) is 3.43. The number of nitrogens with two attached hydrogens (primary N) is 2. The molecule has 6 aromatic heterocycles. The third-order valence-corrected chi connectivity index (χ3v) is 16.2. The number of Topliss-reactive ketones (excluding diaryl/α,β-unsaturated/α-hetero) is 3. The molecule has 0 bridgehead atoms. The Morgan fingerprint density at radius 2 is 0.774 bits per heavy atom. The average molecular weight is 1430 g/mol. The van der Waals surface area contributed by atoms with Crippen molar-refractivity contribution < 1.29 is 42.7 Å². The summed E-state index contributed by atoms with van der Waals surface area (Å²) in [5, 5.41) is 67.4. The Kier molecular flexibility index (Phi) is 27.0. The zero-order valence-electron chi connectivity index (χ0n) is 57.4. The Morgan fingerprint density at radius 3 is 1.09 bits per heavy atom. The van der Waals surface area contributed by atoms with Gasteiger partial charge < -0.3 is 57.1 Å². The van der Waals surface area contributed by atoms with Crippen molar-refractivity contribution in [2.75, 3.05) is 64.6 Å². The second-order valence-corrected chi connectivity index (χ2v) is 24.0. The number of hydrogen-bond donors (Lipinski definition) is 8. The van der Waals surface area contributed by atoms with E-state index in [0.29, 0.717) is 128 Å². The average Bonchev–Trinajstić information content (AvgIpc) is 1.64. The molecule has 12 aromatic rings. The maximum absolute atomic E-state index is 13.3. The molecule has 1 atom stereocenters. The van der Waals surface area contributed by atoms with Crippen molar-refractivity contribution in [1.29, 1.82) is 15.8 Å². The zero-order valence-corrected chi connectivity index (χ0v) is 57.4. The van der Waals surface area contributed by atoms with Crippen LogP contribution in [0.25, 0.3) is 67.7 Å². The van der Waals surface area contributed by atoms with Crippen molar-refractivity contribution in [2.45, 2.75) is 86.4 Å². The van der Waals surface area contributed by atoms with Crippen molar-refractivity contribution in [3.63, 3.8) is 0 Å². The first-order chi connectivity index (χ1) is 51.1. The van der Waals surface area contributed by atoms with Gasteiger partial charge in [-0.15, -0.1) is 0 Å². The standard InChI is InChI=1S/C27H30N8O3.C24H23N7O3.C22H20N8O3.CH4/c1-18(7-4-5-14-28)27(37)31-20-12-10-19(11-13-20)23(36)17-35-22-9-3-2-8-21(22)32-26(35)24-25(34-38-33-24)30-16-6-15-29;1-15(2)24(33)27-17-10-8-16(9-11-17)20(32)14-31-19-7-4-3-6-18(19)28-23(31)21-22(30-34-29-21)26-13-5-12-25;23-10-3-11-25-21-20(28-33-29-21)22-27-16-4-1-2-5-17(16)30(22)13-18(31)14-6-8-15(9-7-14)26-19(32)12-24;/h2-3,8-13,18H,4-7,14,16-17,28H2,1H3,(H,30,34)(H,31,37);3-4,6-11,15H,5,13-14H2,1-2H3,(H,26,30)(H,27,33);1-2,4-9H,3,11-13,24H2,(H,25,29)(H,26,32);1H4/t18-;;;/m0.../s1. The SMILES string of the molecule is C.CC(C)C(=O)Nc1ccc(C(=O)Cn2c(-c3nonc3NCCC#N)nc3ccccc32)cc1.C[C@@H](CCCCN)C(=O)Nc1ccc(C(=O)Cn2c(-c3nonc3NCCC#N)nc3ccccc32)cc1.N#CCCNc1nonc1-c1nc2ccccc2n1CC(=O)c1ccc(NC(=O)CN)cc1. The number of ketones is 3. The molecule has 0 saturated heterocycles. The number of anilines is 6. The van der Waals surface area contributed by atoms with Crippen molar-refractivity contribution in [3.05, 3.63) is 162 Å². The number of hydrogen-bond acceptors (Lipinski definition) is 26. The third-order valence-electron chi connectivity index (χ3n) is 16.2. The molecule has 0 unspecified atom stereocenters.